The van der Waals surface area contributed by atoms with E-state index in [1.54, 1.807) is 13.0 Å². The number of hydrogen-bond acceptors (Lipinski definition) is 3. The van der Waals surface area contributed by atoms with Crippen molar-refractivity contribution in [3.63, 3.8) is 0 Å². The highest BCUT2D eigenvalue weighted by Gasteiger charge is 2.18. The van der Waals surface area contributed by atoms with E-state index in [0.29, 0.717) is 11.0 Å². The molecule has 0 aromatic heterocycles. The van der Waals surface area contributed by atoms with Crippen LogP contribution in [0.15, 0.2) is 22.7 Å². The Morgan fingerprint density at radius 1 is 1.42 bits per heavy atom. The van der Waals surface area contributed by atoms with Crippen LogP contribution in [-0.4, -0.2) is 29.5 Å². The summed E-state index contributed by atoms with van der Waals surface area (Å²) in [6.45, 7) is 4.12. The second-order valence-corrected chi connectivity index (χ2v) is 5.06. The molecule has 1 rings (SSSR count). The van der Waals surface area contributed by atoms with Crippen molar-refractivity contribution in [2.24, 2.45) is 0 Å². The summed E-state index contributed by atoms with van der Waals surface area (Å²) in [4.78, 5) is 23.5. The second kappa shape index (κ2) is 7.13. The third-order valence-corrected chi connectivity index (χ3v) is 2.99. The number of carbonyl (C=O) groups excluding carboxylic acids is 2. The van der Waals surface area contributed by atoms with Crippen LogP contribution in [0.4, 0.5) is 0 Å². The highest BCUT2D eigenvalue weighted by Crippen LogP contribution is 2.22. The first-order valence-corrected chi connectivity index (χ1v) is 6.82. The van der Waals surface area contributed by atoms with E-state index in [4.69, 9.17) is 0 Å². The zero-order valence-corrected chi connectivity index (χ0v) is 12.5. The summed E-state index contributed by atoms with van der Waals surface area (Å²) in [5.41, 5.74) is 0.137. The molecular weight excluding hydrogens is 312 g/mol. The molecule has 0 aliphatic heterocycles. The van der Waals surface area contributed by atoms with Gasteiger partial charge in [0.15, 0.2) is 0 Å². The topological polar surface area (TPSA) is 78.4 Å². The average molecular weight is 329 g/mol. The number of aromatic hydroxyl groups is 1. The molecule has 19 heavy (non-hydrogen) atoms. The maximum absolute atomic E-state index is 11.9. The third kappa shape index (κ3) is 4.55. The van der Waals surface area contributed by atoms with E-state index in [1.807, 2.05) is 6.92 Å². The van der Waals surface area contributed by atoms with Crippen LogP contribution in [-0.2, 0) is 4.79 Å². The first-order valence-electron chi connectivity index (χ1n) is 6.02. The highest BCUT2D eigenvalue weighted by molar-refractivity contribution is 9.10. The molecule has 0 radical (unpaired) electrons. The van der Waals surface area contributed by atoms with E-state index in [2.05, 4.69) is 26.6 Å². The van der Waals surface area contributed by atoms with E-state index < -0.39 is 11.9 Å². The van der Waals surface area contributed by atoms with Crippen molar-refractivity contribution in [3.8, 4) is 5.75 Å². The van der Waals surface area contributed by atoms with E-state index in [0.717, 1.165) is 6.42 Å². The van der Waals surface area contributed by atoms with Crippen LogP contribution in [0.2, 0.25) is 0 Å². The van der Waals surface area contributed by atoms with Crippen molar-refractivity contribution in [1.82, 2.24) is 10.6 Å². The summed E-state index contributed by atoms with van der Waals surface area (Å²) < 4.78 is 0.676. The highest BCUT2D eigenvalue weighted by atomic mass is 79.9. The first kappa shape index (κ1) is 15.5. The number of nitrogens with one attached hydrogen (secondary N) is 2. The molecule has 0 bridgehead atoms. The summed E-state index contributed by atoms with van der Waals surface area (Å²) in [5.74, 6) is -0.857. The van der Waals surface area contributed by atoms with Crippen LogP contribution in [0.1, 0.15) is 30.6 Å². The van der Waals surface area contributed by atoms with E-state index in [1.165, 1.54) is 12.1 Å². The van der Waals surface area contributed by atoms with Gasteiger partial charge in [-0.15, -0.1) is 0 Å². The van der Waals surface area contributed by atoms with Gasteiger partial charge in [-0.1, -0.05) is 22.9 Å². The van der Waals surface area contributed by atoms with Gasteiger partial charge in [0.1, 0.15) is 11.8 Å². The molecule has 0 fully saturated rings. The van der Waals surface area contributed by atoms with Crippen LogP contribution < -0.4 is 10.6 Å². The van der Waals surface area contributed by atoms with Crippen LogP contribution >= 0.6 is 15.9 Å². The van der Waals surface area contributed by atoms with E-state index in [-0.39, 0.29) is 17.2 Å². The molecule has 0 saturated heterocycles. The van der Waals surface area contributed by atoms with Gasteiger partial charge in [-0.25, -0.2) is 0 Å². The predicted molar refractivity (Wildman–Crippen MR) is 76.0 cm³/mol. The molecule has 6 heteroatoms. The number of carbonyl (C=O) groups is 2. The number of phenolic OH excluding ortho intramolecular Hbond substituents is 1. The Bertz CT molecular complexity index is 477. The molecule has 2 amide bonds. The number of halogens is 1. The number of rotatable bonds is 5. The van der Waals surface area contributed by atoms with Gasteiger partial charge in [0.2, 0.25) is 5.91 Å². The van der Waals surface area contributed by atoms with Gasteiger partial charge in [-0.3, -0.25) is 9.59 Å². The van der Waals surface area contributed by atoms with Crippen molar-refractivity contribution < 1.29 is 14.7 Å². The largest absolute Gasteiger partial charge is 0.507 e. The van der Waals surface area contributed by atoms with Crippen molar-refractivity contribution in [3.05, 3.63) is 28.2 Å². The summed E-state index contributed by atoms with van der Waals surface area (Å²) in [6, 6.07) is 3.92. The zero-order chi connectivity index (χ0) is 14.4. The Balaban J connectivity index is 2.66. The fraction of sp³-hybridized carbons (Fsp3) is 0.385. The van der Waals surface area contributed by atoms with Gasteiger partial charge in [0.05, 0.1) is 5.56 Å². The second-order valence-electron chi connectivity index (χ2n) is 4.15. The van der Waals surface area contributed by atoms with Crippen LogP contribution in [0, 0.1) is 0 Å². The van der Waals surface area contributed by atoms with Gasteiger partial charge < -0.3 is 15.7 Å². The van der Waals surface area contributed by atoms with Crippen LogP contribution in [0.25, 0.3) is 0 Å². The smallest absolute Gasteiger partial charge is 0.255 e. The van der Waals surface area contributed by atoms with E-state index in [9.17, 15) is 14.7 Å². The maximum atomic E-state index is 11.9. The van der Waals surface area contributed by atoms with Gasteiger partial charge in [-0.05, 0) is 31.5 Å². The van der Waals surface area contributed by atoms with Gasteiger partial charge in [0, 0.05) is 11.0 Å². The summed E-state index contributed by atoms with van der Waals surface area (Å²) in [5, 5.41) is 14.9. The van der Waals surface area contributed by atoms with E-state index >= 15 is 0 Å². The maximum Gasteiger partial charge on any atom is 0.255 e. The van der Waals surface area contributed by atoms with Crippen molar-refractivity contribution >= 4 is 27.7 Å². The lowest BCUT2D eigenvalue weighted by atomic mass is 10.1. The van der Waals surface area contributed by atoms with Crippen molar-refractivity contribution in [1.29, 1.82) is 0 Å². The molecule has 0 aliphatic carbocycles. The van der Waals surface area contributed by atoms with Crippen LogP contribution in [0.5, 0.6) is 5.75 Å². The number of hydrogen-bond donors (Lipinski definition) is 3. The average Bonchev–Trinajstić information content (AvgIpc) is 2.35. The molecule has 1 atom stereocenters. The van der Waals surface area contributed by atoms with Gasteiger partial charge in [-0.2, -0.15) is 0 Å². The van der Waals surface area contributed by atoms with Crippen LogP contribution in [0.3, 0.4) is 0 Å². The minimum Gasteiger partial charge on any atom is -0.507 e. The molecule has 104 valence electrons. The molecule has 1 aromatic carbocycles. The lowest BCUT2D eigenvalue weighted by Crippen LogP contribution is -2.45. The normalized spacial score (nSPS) is 11.7. The molecule has 3 N–H and O–H groups in total. The van der Waals surface area contributed by atoms with Gasteiger partial charge >= 0.3 is 0 Å². The zero-order valence-electron chi connectivity index (χ0n) is 10.9. The van der Waals surface area contributed by atoms with Gasteiger partial charge in [0.25, 0.3) is 5.91 Å². The molecule has 0 spiro atoms. The molecule has 1 aromatic rings. The third-order valence-electron chi connectivity index (χ3n) is 2.49. The minimum absolute atomic E-state index is 0.131. The SMILES string of the molecule is CCCNC(=O)C(C)NC(=O)c1ccc(Br)cc1O. The lowest BCUT2D eigenvalue weighted by Gasteiger charge is -2.14. The van der Waals surface area contributed by atoms with Crippen molar-refractivity contribution in [2.75, 3.05) is 6.54 Å². The molecule has 1 unspecified atom stereocenters. The Morgan fingerprint density at radius 2 is 2.11 bits per heavy atom. The molecule has 5 nitrogen and oxygen atoms in total. The Morgan fingerprint density at radius 3 is 2.68 bits per heavy atom. The van der Waals surface area contributed by atoms with Crippen molar-refractivity contribution in [2.45, 2.75) is 26.3 Å². The summed E-state index contributed by atoms with van der Waals surface area (Å²) in [6.07, 6.45) is 0.833. The monoisotopic (exact) mass is 328 g/mol. The summed E-state index contributed by atoms with van der Waals surface area (Å²) in [7, 11) is 0. The quantitative estimate of drug-likeness (QED) is 0.771. The minimum atomic E-state index is -0.651. The molecular formula is C13H17BrN2O3. The first-order chi connectivity index (χ1) is 8.95. The number of benzene rings is 1. The standard InChI is InChI=1S/C13H17BrN2O3/c1-3-6-15-12(18)8(2)16-13(19)10-5-4-9(14)7-11(10)17/h4-5,7-8,17H,3,6H2,1-2H3,(H,15,18)(H,16,19). The molecule has 0 saturated carbocycles. The number of amides is 2. The lowest BCUT2D eigenvalue weighted by molar-refractivity contribution is -0.122. The molecule has 0 heterocycles. The summed E-state index contributed by atoms with van der Waals surface area (Å²) >= 11 is 3.19. The predicted octanol–water partition coefficient (Wildman–Crippen LogP) is 1.80. The Hall–Kier alpha value is -1.56. The Labute approximate surface area is 120 Å². The fourth-order valence-electron chi connectivity index (χ4n) is 1.44. The number of phenols is 1. The molecule has 0 aliphatic rings. The Kier molecular flexibility index (Phi) is 5.82. The fourth-order valence-corrected chi connectivity index (χ4v) is 1.79.